The number of rotatable bonds is 60. The Bertz CT molecular complexity index is 4480. The summed E-state index contributed by atoms with van der Waals surface area (Å²) in [4.78, 5) is 24.0. The van der Waals surface area contributed by atoms with Gasteiger partial charge in [-0.25, -0.2) is 0 Å². The maximum atomic E-state index is 15.0. The van der Waals surface area contributed by atoms with E-state index in [1.165, 1.54) is 9.75 Å². The zero-order valence-electron chi connectivity index (χ0n) is 70.0. The van der Waals surface area contributed by atoms with Gasteiger partial charge in [-0.05, 0) is 137 Å². The Morgan fingerprint density at radius 2 is 0.464 bits per heavy atom. The van der Waals surface area contributed by atoms with Gasteiger partial charge in [0.1, 0.15) is 24.4 Å². The minimum absolute atomic E-state index is 0.0226. The zero-order chi connectivity index (χ0) is 85.8. The van der Waals surface area contributed by atoms with E-state index in [4.69, 9.17) is 71.1 Å². The number of hydrogen-bond donors (Lipinski definition) is 0. The van der Waals surface area contributed by atoms with Gasteiger partial charge in [0.15, 0.2) is 0 Å². The molecule has 0 aliphatic heterocycles. The summed E-state index contributed by atoms with van der Waals surface area (Å²) in [5.74, 6) is -1.58. The summed E-state index contributed by atoms with van der Waals surface area (Å²) in [6.45, 7) is 6.66. The van der Waals surface area contributed by atoms with Gasteiger partial charge in [0, 0.05) is 56.8 Å². The molecule has 0 spiro atoms. The molecule has 0 fully saturated rings. The first kappa shape index (κ1) is 94.7. The van der Waals surface area contributed by atoms with Crippen molar-refractivity contribution < 1.29 is 75.8 Å². The van der Waals surface area contributed by atoms with Crippen molar-refractivity contribution >= 4 is 94.5 Å². The Labute approximate surface area is 771 Å². The van der Waals surface area contributed by atoms with Crippen molar-refractivity contribution in [3.05, 3.63) is 355 Å². The third-order valence-electron chi connectivity index (χ3n) is 19.9. The second kappa shape index (κ2) is 54.5. The van der Waals surface area contributed by atoms with Crippen LogP contribution >= 0.6 is 88.5 Å². The summed E-state index contributed by atoms with van der Waals surface area (Å²) >= 11 is 15.9. The lowest BCUT2D eigenvalue weighted by Gasteiger charge is -2.27. The predicted molar refractivity (Wildman–Crippen MR) is 507 cm³/mol. The average molecular weight is 1910 g/mol. The first-order valence-corrected chi connectivity index (χ1v) is 47.9. The van der Waals surface area contributed by atoms with Gasteiger partial charge >= 0.3 is 5.97 Å². The summed E-state index contributed by atoms with van der Waals surface area (Å²) < 4.78 is 101. The van der Waals surface area contributed by atoms with Crippen LogP contribution < -0.4 is 0 Å². The molecule has 0 bridgehead atoms. The number of halogens is 2. The van der Waals surface area contributed by atoms with Gasteiger partial charge in [-0.2, -0.15) is 0 Å². The quantitative estimate of drug-likeness (QED) is 0.0332. The fourth-order valence-electron chi connectivity index (χ4n) is 13.4. The highest BCUT2D eigenvalue weighted by atomic mass is 79.9. The second-order valence-corrected chi connectivity index (χ2v) is 38.5. The molecule has 0 aliphatic carbocycles. The second-order valence-electron chi connectivity index (χ2n) is 30.4. The molecule has 23 heteroatoms. The van der Waals surface area contributed by atoms with Crippen LogP contribution in [0.4, 0.5) is 0 Å². The van der Waals surface area contributed by atoms with Crippen LogP contribution in [-0.2, 0) is 135 Å². The molecule has 656 valence electrons. The number of carbonyl (C=O) groups excluding carboxylic acids is 1. The van der Waals surface area contributed by atoms with E-state index >= 15 is 4.79 Å². The summed E-state index contributed by atoms with van der Waals surface area (Å²) in [5.41, 5.74) is 9.24. The summed E-state index contributed by atoms with van der Waals surface area (Å²) in [7, 11) is 0. The highest BCUT2D eigenvalue weighted by Gasteiger charge is 2.27. The summed E-state index contributed by atoms with van der Waals surface area (Å²) in [5, 5.41) is 0. The monoisotopic (exact) mass is 1910 g/mol. The lowest BCUT2D eigenvalue weighted by molar-refractivity contribution is -0.146. The van der Waals surface area contributed by atoms with E-state index in [0.717, 1.165) is 86.9 Å². The van der Waals surface area contributed by atoms with Crippen LogP contribution in [0.1, 0.15) is 50.1 Å². The Balaban J connectivity index is 0.770. The van der Waals surface area contributed by atoms with Crippen molar-refractivity contribution in [3.8, 4) is 39.0 Å². The van der Waals surface area contributed by atoms with Crippen LogP contribution in [0.25, 0.3) is 39.0 Å². The van der Waals surface area contributed by atoms with E-state index in [-0.39, 0.29) is 137 Å². The minimum Gasteiger partial charge on any atom is -0.465 e. The molecular formula is C102H108Br2O16S5. The largest absolute Gasteiger partial charge is 0.465 e. The van der Waals surface area contributed by atoms with E-state index in [2.05, 4.69) is 86.5 Å². The Morgan fingerprint density at radius 1 is 0.232 bits per heavy atom. The third kappa shape index (κ3) is 34.6. The molecule has 16 nitrogen and oxygen atoms in total. The fraction of sp³-hybridized carbons (Fsp3) is 0.324. The number of thiophene rings is 5. The van der Waals surface area contributed by atoms with Crippen molar-refractivity contribution in [2.75, 3.05) is 112 Å². The molecule has 0 N–H and O–H groups in total. The third-order valence-corrected chi connectivity index (χ3v) is 27.3. The lowest BCUT2D eigenvalue weighted by atomic mass is 10.1. The molecule has 0 unspecified atom stereocenters. The number of ether oxygens (including phenoxy) is 15. The smallest absolute Gasteiger partial charge is 0.310 e. The van der Waals surface area contributed by atoms with Crippen molar-refractivity contribution in [3.63, 3.8) is 0 Å². The van der Waals surface area contributed by atoms with Crippen LogP contribution in [-0.4, -0.2) is 143 Å². The van der Waals surface area contributed by atoms with E-state index in [0.29, 0.717) is 52.9 Å². The first-order valence-electron chi connectivity index (χ1n) is 42.2. The van der Waals surface area contributed by atoms with Gasteiger partial charge in [0.05, 0.1) is 179 Å². The van der Waals surface area contributed by atoms with Crippen molar-refractivity contribution in [2.24, 2.45) is 17.8 Å². The SMILES string of the molecule is O=C(Cc1cc(-c2ccc(-c3ccc(Br)s3)s2)sc1-c1ccc(-c2ccc(Br)s2)s1)OCC(COCC(COC(COCc1ccccc1)COCc1ccccc1)COC(COCc1ccccc1)COCc1ccccc1)COCC(COC(COCc1ccccc1)COCc1ccccc1)COC(COCc1ccccc1)COCc1ccccc1. The molecule has 0 radical (unpaired) electrons. The van der Waals surface area contributed by atoms with E-state index < -0.39 is 30.3 Å². The van der Waals surface area contributed by atoms with Crippen LogP contribution in [0.5, 0.6) is 0 Å². The fourth-order valence-corrected chi connectivity index (χ4v) is 19.7. The van der Waals surface area contributed by atoms with E-state index in [9.17, 15) is 0 Å². The van der Waals surface area contributed by atoms with Gasteiger partial charge in [0.2, 0.25) is 0 Å². The Kier molecular flexibility index (Phi) is 41.3. The van der Waals surface area contributed by atoms with Crippen molar-refractivity contribution in [1.29, 1.82) is 0 Å². The molecule has 5 aromatic heterocycles. The topological polar surface area (TPSA) is 156 Å². The molecule has 0 aliphatic rings. The predicted octanol–water partition coefficient (Wildman–Crippen LogP) is 23.4. The molecule has 0 saturated carbocycles. The minimum atomic E-state index is -0.486. The molecule has 13 rings (SSSR count). The molecule has 5 heterocycles. The molecule has 8 aromatic carbocycles. The van der Waals surface area contributed by atoms with Gasteiger partial charge in [0.25, 0.3) is 0 Å². The van der Waals surface area contributed by atoms with Crippen molar-refractivity contribution in [1.82, 2.24) is 0 Å². The molecule has 0 atom stereocenters. The lowest BCUT2D eigenvalue weighted by Crippen LogP contribution is -2.35. The van der Waals surface area contributed by atoms with Gasteiger partial charge < -0.3 is 71.1 Å². The van der Waals surface area contributed by atoms with Crippen LogP contribution in [0.2, 0.25) is 0 Å². The average Bonchev–Trinajstić information content (AvgIpc) is 1.64. The van der Waals surface area contributed by atoms with Gasteiger partial charge in [-0.15, -0.1) is 56.7 Å². The normalized spacial score (nSPS) is 11.8. The highest BCUT2D eigenvalue weighted by molar-refractivity contribution is 9.11. The maximum Gasteiger partial charge on any atom is 0.310 e. The highest BCUT2D eigenvalue weighted by Crippen LogP contribution is 2.47. The van der Waals surface area contributed by atoms with E-state index in [1.54, 1.807) is 56.7 Å². The molecule has 13 aromatic rings. The number of benzene rings is 8. The zero-order valence-corrected chi connectivity index (χ0v) is 77.3. The molecule has 0 amide bonds. The van der Waals surface area contributed by atoms with Gasteiger partial charge in [-0.3, -0.25) is 4.79 Å². The first-order chi connectivity index (χ1) is 61.7. The summed E-state index contributed by atoms with van der Waals surface area (Å²) in [6, 6.07) is 100. The van der Waals surface area contributed by atoms with Crippen LogP contribution in [0, 0.1) is 17.8 Å². The molecular weight excluding hydrogens is 1800 g/mol. The molecule has 0 saturated heterocycles. The number of hydrogen-bond acceptors (Lipinski definition) is 21. The van der Waals surface area contributed by atoms with Crippen LogP contribution in [0.15, 0.2) is 305 Å². The van der Waals surface area contributed by atoms with Crippen molar-refractivity contribution in [2.45, 2.75) is 83.7 Å². The maximum absolute atomic E-state index is 15.0. The van der Waals surface area contributed by atoms with Crippen LogP contribution in [0.3, 0.4) is 0 Å². The van der Waals surface area contributed by atoms with Gasteiger partial charge in [-0.1, -0.05) is 243 Å². The van der Waals surface area contributed by atoms with E-state index in [1.807, 2.05) is 243 Å². The number of carbonyl (C=O) groups is 1. The standard InChI is InChI=1S/C102H108Br2O16S5/c103-99-47-45-94(123-99)92-41-42-96(121-92)98-49-87(102(125-98)97-44-43-93(122-97)95-46-48-100(104)124-95)50-101(105)120-67-84(59-106-61-85(63-116-88(68-108-51-76-25-9-1-10-26-76)69-109-52-77-27-11-2-12-28-77)64-117-89(70-110-53-78-29-13-3-14-30-78)71-111-54-79-31-15-4-16-32-79)60-107-62-86(65-118-90(72-112-55-80-33-17-5-18-34-80)73-113-56-81-35-19-6-20-36-81)66-119-91(74-114-57-82-37-21-7-22-38-82)75-115-58-83-39-23-8-24-40-83/h1-49,84-86,88-91H,50-75H2. The summed E-state index contributed by atoms with van der Waals surface area (Å²) in [6.07, 6.45) is -1.85. The number of esters is 1. The molecule has 125 heavy (non-hydrogen) atoms. The Hall–Kier alpha value is -7.87. The Morgan fingerprint density at radius 3 is 0.728 bits per heavy atom.